The van der Waals surface area contributed by atoms with E-state index in [-0.39, 0.29) is 5.91 Å². The van der Waals surface area contributed by atoms with Crippen molar-refractivity contribution in [2.45, 2.75) is 19.4 Å². The van der Waals surface area contributed by atoms with Gasteiger partial charge in [-0.25, -0.2) is 0 Å². The van der Waals surface area contributed by atoms with Crippen molar-refractivity contribution in [2.24, 2.45) is 0 Å². The van der Waals surface area contributed by atoms with Crippen LogP contribution < -0.4 is 10.2 Å². The molecular weight excluding hydrogens is 342 g/mol. The van der Waals surface area contributed by atoms with Gasteiger partial charge in [-0.2, -0.15) is 0 Å². The maximum atomic E-state index is 12.6. The third-order valence-electron chi connectivity index (χ3n) is 4.90. The van der Waals surface area contributed by atoms with Gasteiger partial charge in [0, 0.05) is 29.3 Å². The van der Waals surface area contributed by atoms with Crippen LogP contribution in [0.4, 0.5) is 5.69 Å². The number of benzene rings is 2. The minimum Gasteiger partial charge on any atom is -0.360 e. The Hall–Kier alpha value is -3.41. The number of fused-ring (bicyclic) bond motifs is 1. The van der Waals surface area contributed by atoms with Crippen LogP contribution in [0.3, 0.4) is 0 Å². The number of para-hydroxylation sites is 1. The number of H-pyrrole nitrogens is 1. The van der Waals surface area contributed by atoms with E-state index in [1.54, 1.807) is 11.0 Å². The molecule has 0 bridgehead atoms. The quantitative estimate of drug-likeness (QED) is 0.553. The van der Waals surface area contributed by atoms with E-state index in [2.05, 4.69) is 10.3 Å². The summed E-state index contributed by atoms with van der Waals surface area (Å²) in [6, 6.07) is 14.2. The van der Waals surface area contributed by atoms with Gasteiger partial charge in [0.2, 0.25) is 5.91 Å². The number of rotatable bonds is 4. The number of aryl methyl sites for hydroxylation is 1. The number of hydrogen-bond donors (Lipinski definition) is 2. The summed E-state index contributed by atoms with van der Waals surface area (Å²) in [5.74, 6) is -1.60. The molecule has 1 fully saturated rings. The molecule has 0 spiro atoms. The third-order valence-corrected chi connectivity index (χ3v) is 4.90. The highest BCUT2D eigenvalue weighted by atomic mass is 16.2. The summed E-state index contributed by atoms with van der Waals surface area (Å²) in [5.41, 5.74) is 3.00. The lowest BCUT2D eigenvalue weighted by molar-refractivity contribution is -0.124. The van der Waals surface area contributed by atoms with E-state index in [1.165, 1.54) is 6.20 Å². The number of hydrogen-bond acceptors (Lipinski definition) is 3. The molecule has 2 aromatic carbocycles. The molecule has 6 nitrogen and oxygen atoms in total. The first-order valence-electron chi connectivity index (χ1n) is 8.84. The van der Waals surface area contributed by atoms with Crippen LogP contribution in [0.5, 0.6) is 0 Å². The summed E-state index contributed by atoms with van der Waals surface area (Å²) < 4.78 is 0. The molecule has 1 aromatic heterocycles. The van der Waals surface area contributed by atoms with Gasteiger partial charge in [-0.1, -0.05) is 35.9 Å². The van der Waals surface area contributed by atoms with E-state index >= 15 is 0 Å². The number of Topliss-reactive ketones (excluding diaryl/α,β-unsaturated/α-hetero) is 1. The van der Waals surface area contributed by atoms with Gasteiger partial charge in [0.25, 0.3) is 11.7 Å². The molecule has 0 radical (unpaired) electrons. The van der Waals surface area contributed by atoms with Crippen LogP contribution in [0.25, 0.3) is 10.9 Å². The predicted molar refractivity (Wildman–Crippen MR) is 103 cm³/mol. The fraction of sp³-hybridized carbons (Fsp3) is 0.190. The highest BCUT2D eigenvalue weighted by Gasteiger charge is 2.35. The molecule has 2 amide bonds. The SMILES string of the molecule is Cc1ccc(N2CCC(NC(=O)C(=O)c3c[nH]c4ccccc34)C2=O)cc1. The van der Waals surface area contributed by atoms with Gasteiger partial charge in [-0.3, -0.25) is 14.4 Å². The topological polar surface area (TPSA) is 82.3 Å². The Kier molecular flexibility index (Phi) is 4.24. The molecule has 4 rings (SSSR count). The van der Waals surface area contributed by atoms with E-state index in [9.17, 15) is 14.4 Å². The normalized spacial score (nSPS) is 16.7. The number of aromatic nitrogens is 1. The number of anilines is 1. The zero-order chi connectivity index (χ0) is 19.0. The summed E-state index contributed by atoms with van der Waals surface area (Å²) in [4.78, 5) is 42.2. The molecule has 2 heterocycles. The van der Waals surface area contributed by atoms with E-state index in [0.29, 0.717) is 23.9 Å². The van der Waals surface area contributed by atoms with Crippen molar-refractivity contribution < 1.29 is 14.4 Å². The number of carbonyl (C=O) groups is 3. The molecule has 27 heavy (non-hydrogen) atoms. The van der Waals surface area contributed by atoms with Crippen molar-refractivity contribution in [3.8, 4) is 0 Å². The summed E-state index contributed by atoms with van der Waals surface area (Å²) >= 11 is 0. The van der Waals surface area contributed by atoms with Gasteiger partial charge >= 0.3 is 0 Å². The second-order valence-electron chi connectivity index (χ2n) is 6.72. The van der Waals surface area contributed by atoms with Crippen molar-refractivity contribution in [3.05, 3.63) is 65.9 Å². The molecule has 2 N–H and O–H groups in total. The first-order valence-corrected chi connectivity index (χ1v) is 8.84. The Balaban J connectivity index is 1.47. The van der Waals surface area contributed by atoms with Crippen LogP contribution >= 0.6 is 0 Å². The minimum absolute atomic E-state index is 0.195. The number of amides is 2. The largest absolute Gasteiger partial charge is 0.360 e. The summed E-state index contributed by atoms with van der Waals surface area (Å²) in [5, 5.41) is 3.29. The summed E-state index contributed by atoms with van der Waals surface area (Å²) in [6.07, 6.45) is 2.00. The lowest BCUT2D eigenvalue weighted by Gasteiger charge is -2.17. The molecule has 1 atom stereocenters. The molecule has 0 saturated carbocycles. The van der Waals surface area contributed by atoms with Crippen LogP contribution in [-0.4, -0.2) is 35.2 Å². The predicted octanol–water partition coefficient (Wildman–Crippen LogP) is 2.58. The molecular formula is C21H19N3O3. The Morgan fingerprint density at radius 2 is 1.85 bits per heavy atom. The highest BCUT2D eigenvalue weighted by molar-refractivity contribution is 6.45. The highest BCUT2D eigenvalue weighted by Crippen LogP contribution is 2.22. The molecule has 6 heteroatoms. The third kappa shape index (κ3) is 3.10. The first kappa shape index (κ1) is 17.0. The van der Waals surface area contributed by atoms with Gasteiger partial charge in [0.15, 0.2) is 0 Å². The Labute approximate surface area is 156 Å². The van der Waals surface area contributed by atoms with E-state index < -0.39 is 17.7 Å². The van der Waals surface area contributed by atoms with Crippen molar-refractivity contribution in [1.29, 1.82) is 0 Å². The standard InChI is InChI=1S/C21H19N3O3/c1-13-6-8-14(9-7-13)24-11-10-18(21(24)27)23-20(26)19(25)16-12-22-17-5-3-2-4-15(16)17/h2-9,12,18,22H,10-11H2,1H3,(H,23,26). The lowest BCUT2D eigenvalue weighted by Crippen LogP contribution is -2.44. The maximum absolute atomic E-state index is 12.6. The average Bonchev–Trinajstić information content (AvgIpc) is 3.26. The van der Waals surface area contributed by atoms with Crippen LogP contribution in [-0.2, 0) is 9.59 Å². The average molecular weight is 361 g/mol. The maximum Gasteiger partial charge on any atom is 0.293 e. The Morgan fingerprint density at radius 1 is 1.11 bits per heavy atom. The molecule has 1 aliphatic rings. The zero-order valence-electron chi connectivity index (χ0n) is 14.9. The molecule has 1 aliphatic heterocycles. The van der Waals surface area contributed by atoms with Gasteiger partial charge in [0.05, 0.1) is 5.56 Å². The van der Waals surface area contributed by atoms with Crippen LogP contribution in [0.15, 0.2) is 54.7 Å². The van der Waals surface area contributed by atoms with Gasteiger partial charge in [0.1, 0.15) is 6.04 Å². The van der Waals surface area contributed by atoms with Gasteiger partial charge in [-0.15, -0.1) is 0 Å². The fourth-order valence-electron chi connectivity index (χ4n) is 3.40. The summed E-state index contributed by atoms with van der Waals surface area (Å²) in [6.45, 7) is 2.49. The van der Waals surface area contributed by atoms with E-state index in [4.69, 9.17) is 0 Å². The van der Waals surface area contributed by atoms with E-state index in [1.807, 2.05) is 49.4 Å². The first-order chi connectivity index (χ1) is 13.0. The summed E-state index contributed by atoms with van der Waals surface area (Å²) in [7, 11) is 0. The molecule has 3 aromatic rings. The number of nitrogens with one attached hydrogen (secondary N) is 2. The van der Waals surface area contributed by atoms with Crippen molar-refractivity contribution in [3.63, 3.8) is 0 Å². The van der Waals surface area contributed by atoms with E-state index in [0.717, 1.165) is 16.8 Å². The van der Waals surface area contributed by atoms with Crippen molar-refractivity contribution >= 4 is 34.2 Å². The minimum atomic E-state index is -0.760. The molecule has 136 valence electrons. The second-order valence-corrected chi connectivity index (χ2v) is 6.72. The number of aromatic amines is 1. The molecule has 0 aliphatic carbocycles. The van der Waals surface area contributed by atoms with Crippen LogP contribution in [0.1, 0.15) is 22.3 Å². The van der Waals surface area contributed by atoms with Crippen molar-refractivity contribution in [2.75, 3.05) is 11.4 Å². The zero-order valence-corrected chi connectivity index (χ0v) is 14.9. The monoisotopic (exact) mass is 361 g/mol. The van der Waals surface area contributed by atoms with Gasteiger partial charge < -0.3 is 15.2 Å². The fourth-order valence-corrected chi connectivity index (χ4v) is 3.40. The second kappa shape index (κ2) is 6.72. The lowest BCUT2D eigenvalue weighted by atomic mass is 10.1. The smallest absolute Gasteiger partial charge is 0.293 e. The number of ketones is 1. The number of carbonyl (C=O) groups excluding carboxylic acids is 3. The van der Waals surface area contributed by atoms with Crippen molar-refractivity contribution in [1.82, 2.24) is 10.3 Å². The molecule has 1 unspecified atom stereocenters. The Morgan fingerprint density at radius 3 is 2.63 bits per heavy atom. The van der Waals surface area contributed by atoms with Crippen LogP contribution in [0.2, 0.25) is 0 Å². The molecule has 1 saturated heterocycles. The Bertz CT molecular complexity index is 1040. The van der Waals surface area contributed by atoms with Crippen LogP contribution in [0, 0.1) is 6.92 Å². The number of nitrogens with zero attached hydrogens (tertiary/aromatic N) is 1. The van der Waals surface area contributed by atoms with Gasteiger partial charge in [-0.05, 0) is 31.5 Å².